The predicted octanol–water partition coefficient (Wildman–Crippen LogP) is 2.43. The summed E-state index contributed by atoms with van der Waals surface area (Å²) in [6, 6.07) is 0. The first-order valence-electron chi connectivity index (χ1n) is 6.68. The number of nitrogens with zero attached hydrogens (tertiary/aromatic N) is 4. The van der Waals surface area contributed by atoms with E-state index < -0.39 is 0 Å². The van der Waals surface area contributed by atoms with Crippen molar-refractivity contribution < 1.29 is 4.74 Å². The maximum Gasteiger partial charge on any atom is 0.299 e. The number of hydrogen-bond acceptors (Lipinski definition) is 6. The first-order valence-corrected chi connectivity index (χ1v) is 7.50. The molecule has 0 saturated carbocycles. The summed E-state index contributed by atoms with van der Waals surface area (Å²) < 4.78 is 7.61. The fraction of sp³-hybridized carbons (Fsp3) is 0.615. The minimum absolute atomic E-state index is 0.561. The van der Waals surface area contributed by atoms with Gasteiger partial charge in [0.05, 0.1) is 5.69 Å². The smallest absolute Gasteiger partial charge is 0.299 e. The van der Waals surface area contributed by atoms with Crippen molar-refractivity contribution in [2.24, 2.45) is 13.0 Å². The maximum atomic E-state index is 5.80. The highest BCUT2D eigenvalue weighted by Crippen LogP contribution is 2.29. The molecule has 0 radical (unpaired) electrons. The Morgan fingerprint density at radius 2 is 2.05 bits per heavy atom. The third kappa shape index (κ3) is 3.55. The van der Waals surface area contributed by atoms with Crippen molar-refractivity contribution in [3.8, 4) is 10.9 Å². The fourth-order valence-electron chi connectivity index (χ4n) is 1.81. The van der Waals surface area contributed by atoms with Crippen LogP contribution in [0.1, 0.15) is 30.2 Å². The van der Waals surface area contributed by atoms with Crippen LogP contribution in [0.5, 0.6) is 10.9 Å². The van der Waals surface area contributed by atoms with E-state index in [1.807, 2.05) is 20.9 Å². The van der Waals surface area contributed by atoms with Crippen LogP contribution in [0, 0.1) is 19.8 Å². The van der Waals surface area contributed by atoms with Crippen LogP contribution < -0.4 is 10.1 Å². The molecule has 0 aliphatic rings. The second kappa shape index (κ2) is 6.32. The van der Waals surface area contributed by atoms with Crippen LogP contribution in [0.4, 0.5) is 0 Å². The Labute approximate surface area is 123 Å². The van der Waals surface area contributed by atoms with E-state index in [2.05, 4.69) is 34.5 Å². The van der Waals surface area contributed by atoms with Gasteiger partial charge in [0, 0.05) is 13.6 Å². The van der Waals surface area contributed by atoms with E-state index >= 15 is 0 Å². The first kappa shape index (κ1) is 14.9. The molecule has 1 N–H and O–H groups in total. The molecule has 2 heterocycles. The standard InChI is InChI=1S/C13H21N5OS/c1-8(2)6-14-7-11-15-16-13(20-11)19-12-9(3)17-18(5)10(12)4/h8,14H,6-7H2,1-5H3. The maximum absolute atomic E-state index is 5.80. The van der Waals surface area contributed by atoms with E-state index in [4.69, 9.17) is 4.74 Å². The van der Waals surface area contributed by atoms with Gasteiger partial charge in [-0.3, -0.25) is 4.68 Å². The molecule has 0 aromatic carbocycles. The summed E-state index contributed by atoms with van der Waals surface area (Å²) in [4.78, 5) is 0. The lowest BCUT2D eigenvalue weighted by Gasteiger charge is -2.04. The molecule has 2 aromatic rings. The monoisotopic (exact) mass is 295 g/mol. The van der Waals surface area contributed by atoms with E-state index in [0.717, 1.165) is 35.2 Å². The lowest BCUT2D eigenvalue weighted by atomic mass is 10.2. The summed E-state index contributed by atoms with van der Waals surface area (Å²) in [5, 5.41) is 17.3. The van der Waals surface area contributed by atoms with Crippen molar-refractivity contribution in [3.05, 3.63) is 16.4 Å². The van der Waals surface area contributed by atoms with Gasteiger partial charge < -0.3 is 10.1 Å². The molecule has 0 aliphatic heterocycles. The van der Waals surface area contributed by atoms with Crippen molar-refractivity contribution in [2.75, 3.05) is 6.54 Å². The summed E-state index contributed by atoms with van der Waals surface area (Å²) in [7, 11) is 1.90. The highest BCUT2D eigenvalue weighted by molar-refractivity contribution is 7.13. The van der Waals surface area contributed by atoms with Crippen LogP contribution in [-0.2, 0) is 13.6 Å². The molecule has 0 bridgehead atoms. The van der Waals surface area contributed by atoms with Crippen molar-refractivity contribution >= 4 is 11.3 Å². The molecule has 0 unspecified atom stereocenters. The van der Waals surface area contributed by atoms with Gasteiger partial charge in [0.1, 0.15) is 10.7 Å². The van der Waals surface area contributed by atoms with Gasteiger partial charge in [-0.05, 0) is 26.3 Å². The van der Waals surface area contributed by atoms with Gasteiger partial charge in [0.25, 0.3) is 5.19 Å². The summed E-state index contributed by atoms with van der Waals surface area (Å²) in [6.45, 7) is 9.95. The average Bonchev–Trinajstić information content (AvgIpc) is 2.90. The Balaban J connectivity index is 1.99. The van der Waals surface area contributed by atoms with Crippen molar-refractivity contribution in [3.63, 3.8) is 0 Å². The molecule has 2 aromatic heterocycles. The quantitative estimate of drug-likeness (QED) is 0.886. The lowest BCUT2D eigenvalue weighted by molar-refractivity contribution is 0.465. The van der Waals surface area contributed by atoms with Crippen molar-refractivity contribution in [1.82, 2.24) is 25.3 Å². The summed E-state index contributed by atoms with van der Waals surface area (Å²) in [5.74, 6) is 1.39. The third-order valence-corrected chi connectivity index (χ3v) is 3.71. The van der Waals surface area contributed by atoms with Crippen LogP contribution in [0.2, 0.25) is 0 Å². The Hall–Kier alpha value is -1.47. The van der Waals surface area contributed by atoms with Gasteiger partial charge in [0.2, 0.25) is 0 Å². The number of aromatic nitrogens is 4. The SMILES string of the molecule is Cc1nn(C)c(C)c1Oc1nnc(CNCC(C)C)s1. The van der Waals surface area contributed by atoms with E-state index in [0.29, 0.717) is 11.1 Å². The second-order valence-electron chi connectivity index (χ2n) is 5.21. The van der Waals surface area contributed by atoms with Gasteiger partial charge in [-0.1, -0.05) is 30.3 Å². The number of ether oxygens (including phenoxy) is 1. The molecule has 0 fully saturated rings. The zero-order valence-corrected chi connectivity index (χ0v) is 13.4. The molecular formula is C13H21N5OS. The molecule has 7 heteroatoms. The van der Waals surface area contributed by atoms with Crippen LogP contribution in [0.15, 0.2) is 0 Å². The van der Waals surface area contributed by atoms with Crippen molar-refractivity contribution in [1.29, 1.82) is 0 Å². The largest absolute Gasteiger partial charge is 0.426 e. The Morgan fingerprint density at radius 3 is 2.65 bits per heavy atom. The molecule has 0 spiro atoms. The predicted molar refractivity (Wildman–Crippen MR) is 79.2 cm³/mol. The van der Waals surface area contributed by atoms with Crippen LogP contribution in [0.3, 0.4) is 0 Å². The molecular weight excluding hydrogens is 274 g/mol. The third-order valence-electron chi connectivity index (χ3n) is 2.91. The Bertz CT molecular complexity index is 575. The molecule has 0 amide bonds. The molecule has 110 valence electrons. The second-order valence-corrected chi connectivity index (χ2v) is 6.24. The fourth-order valence-corrected chi connectivity index (χ4v) is 2.47. The Morgan fingerprint density at radius 1 is 1.30 bits per heavy atom. The first-order chi connectivity index (χ1) is 9.47. The van der Waals surface area contributed by atoms with Gasteiger partial charge in [-0.2, -0.15) is 5.10 Å². The Kier molecular flexibility index (Phi) is 4.72. The van der Waals surface area contributed by atoms with Crippen LogP contribution >= 0.6 is 11.3 Å². The van der Waals surface area contributed by atoms with Gasteiger partial charge in [-0.15, -0.1) is 5.10 Å². The zero-order chi connectivity index (χ0) is 14.7. The van der Waals surface area contributed by atoms with Crippen molar-refractivity contribution in [2.45, 2.75) is 34.2 Å². The molecule has 6 nitrogen and oxygen atoms in total. The van der Waals surface area contributed by atoms with E-state index in [9.17, 15) is 0 Å². The van der Waals surface area contributed by atoms with Gasteiger partial charge >= 0.3 is 0 Å². The minimum atomic E-state index is 0.561. The molecule has 2 rings (SSSR count). The number of nitrogens with one attached hydrogen (secondary N) is 1. The normalized spacial score (nSPS) is 11.3. The topological polar surface area (TPSA) is 64.9 Å². The summed E-state index contributed by atoms with van der Waals surface area (Å²) in [5.41, 5.74) is 1.84. The zero-order valence-electron chi connectivity index (χ0n) is 12.6. The number of hydrogen-bond donors (Lipinski definition) is 1. The molecule has 0 saturated heterocycles. The minimum Gasteiger partial charge on any atom is -0.426 e. The van der Waals surface area contributed by atoms with E-state index in [-0.39, 0.29) is 0 Å². The molecule has 20 heavy (non-hydrogen) atoms. The van der Waals surface area contributed by atoms with Gasteiger partial charge in [-0.25, -0.2) is 0 Å². The van der Waals surface area contributed by atoms with Crippen LogP contribution in [0.25, 0.3) is 0 Å². The molecule has 0 atom stereocenters. The van der Waals surface area contributed by atoms with Gasteiger partial charge in [0.15, 0.2) is 5.75 Å². The highest BCUT2D eigenvalue weighted by atomic mass is 32.1. The van der Waals surface area contributed by atoms with Crippen LogP contribution in [-0.4, -0.2) is 26.5 Å². The number of aryl methyl sites for hydroxylation is 2. The number of rotatable bonds is 6. The van der Waals surface area contributed by atoms with E-state index in [1.54, 1.807) is 4.68 Å². The average molecular weight is 295 g/mol. The summed E-state index contributed by atoms with van der Waals surface area (Å²) >= 11 is 1.46. The highest BCUT2D eigenvalue weighted by Gasteiger charge is 2.14. The molecule has 0 aliphatic carbocycles. The lowest BCUT2D eigenvalue weighted by Crippen LogP contribution is -2.18. The van der Waals surface area contributed by atoms with E-state index in [1.165, 1.54) is 11.3 Å². The summed E-state index contributed by atoms with van der Waals surface area (Å²) in [6.07, 6.45) is 0.